The minimum Gasteiger partial charge on any atom is -0.438 e. The lowest BCUT2D eigenvalue weighted by atomic mass is 9.97. The highest BCUT2D eigenvalue weighted by atomic mass is 32.1. The maximum Gasteiger partial charge on any atom is 0.229 e. The number of para-hydroxylation sites is 1. The number of fused-ring (bicyclic) bond motifs is 1. The van der Waals surface area contributed by atoms with E-state index in [-0.39, 0.29) is 11.8 Å². The highest BCUT2D eigenvalue weighted by Gasteiger charge is 2.20. The molecule has 0 fully saturated rings. The summed E-state index contributed by atoms with van der Waals surface area (Å²) in [7, 11) is 0. The average molecular weight is 444 g/mol. The summed E-state index contributed by atoms with van der Waals surface area (Å²) in [6.07, 6.45) is 5.91. The second kappa shape index (κ2) is 8.86. The SMILES string of the molecule is CC(=O)C1C=C(c2cncnc2Oc2ccc(Nc3nc4ccccc4s3)cc2)CCN1. The van der Waals surface area contributed by atoms with Crippen LogP contribution in [0.3, 0.4) is 0 Å². The van der Waals surface area contributed by atoms with Crippen LogP contribution in [0.4, 0.5) is 10.8 Å². The molecule has 1 atom stereocenters. The predicted octanol–water partition coefficient (Wildman–Crippen LogP) is 4.96. The van der Waals surface area contributed by atoms with Gasteiger partial charge in [-0.05, 0) is 55.3 Å². The van der Waals surface area contributed by atoms with Gasteiger partial charge in [0.2, 0.25) is 5.88 Å². The van der Waals surface area contributed by atoms with Gasteiger partial charge in [-0.25, -0.2) is 15.0 Å². The van der Waals surface area contributed by atoms with E-state index < -0.39 is 0 Å². The van der Waals surface area contributed by atoms with Crippen molar-refractivity contribution in [2.75, 3.05) is 11.9 Å². The highest BCUT2D eigenvalue weighted by Crippen LogP contribution is 2.32. The monoisotopic (exact) mass is 443 g/mol. The van der Waals surface area contributed by atoms with Gasteiger partial charge in [-0.15, -0.1) is 0 Å². The standard InChI is InChI=1S/C24H21N5O2S/c1-15(30)21-12-16(10-11-26-21)19-13-25-14-27-23(19)31-18-8-6-17(7-9-18)28-24-29-20-4-2-3-5-22(20)32-24/h2-9,12-14,21,26H,10-11H2,1H3,(H,28,29). The summed E-state index contributed by atoms with van der Waals surface area (Å²) in [4.78, 5) is 24.9. The van der Waals surface area contributed by atoms with Crippen molar-refractivity contribution in [1.82, 2.24) is 20.3 Å². The van der Waals surface area contributed by atoms with Crippen LogP contribution in [0, 0.1) is 0 Å². The zero-order valence-electron chi connectivity index (χ0n) is 17.4. The zero-order valence-corrected chi connectivity index (χ0v) is 18.2. The Morgan fingerprint density at radius 3 is 2.84 bits per heavy atom. The molecule has 2 aromatic carbocycles. The fourth-order valence-electron chi connectivity index (χ4n) is 3.58. The van der Waals surface area contributed by atoms with Gasteiger partial charge in [0.1, 0.15) is 12.1 Å². The van der Waals surface area contributed by atoms with Gasteiger partial charge in [0.15, 0.2) is 10.9 Å². The summed E-state index contributed by atoms with van der Waals surface area (Å²) in [6, 6.07) is 15.4. The Morgan fingerprint density at radius 2 is 2.03 bits per heavy atom. The average Bonchev–Trinajstić information content (AvgIpc) is 3.23. The molecule has 2 N–H and O–H groups in total. The smallest absolute Gasteiger partial charge is 0.229 e. The fraction of sp³-hybridized carbons (Fsp3) is 0.167. The summed E-state index contributed by atoms with van der Waals surface area (Å²) in [5.41, 5.74) is 3.71. The molecular weight excluding hydrogens is 422 g/mol. The second-order valence-electron chi connectivity index (χ2n) is 7.46. The molecule has 0 saturated carbocycles. The first-order valence-corrected chi connectivity index (χ1v) is 11.1. The first-order chi connectivity index (χ1) is 15.7. The number of rotatable bonds is 6. The Morgan fingerprint density at radius 1 is 1.19 bits per heavy atom. The lowest BCUT2D eigenvalue weighted by molar-refractivity contribution is -0.117. The van der Waals surface area contributed by atoms with Crippen molar-refractivity contribution >= 4 is 43.7 Å². The van der Waals surface area contributed by atoms with E-state index in [0.717, 1.165) is 45.1 Å². The molecule has 4 aromatic rings. The summed E-state index contributed by atoms with van der Waals surface area (Å²) in [6.45, 7) is 2.30. The van der Waals surface area contributed by atoms with Crippen molar-refractivity contribution in [2.45, 2.75) is 19.4 Å². The largest absolute Gasteiger partial charge is 0.438 e. The van der Waals surface area contributed by atoms with Crippen LogP contribution < -0.4 is 15.4 Å². The quantitative estimate of drug-likeness (QED) is 0.435. The number of hydrogen-bond donors (Lipinski definition) is 2. The van der Waals surface area contributed by atoms with E-state index in [1.807, 2.05) is 48.5 Å². The molecule has 8 heteroatoms. The van der Waals surface area contributed by atoms with Gasteiger partial charge in [-0.3, -0.25) is 4.79 Å². The molecule has 5 rings (SSSR count). The number of carbonyl (C=O) groups excluding carboxylic acids is 1. The first-order valence-electron chi connectivity index (χ1n) is 10.3. The Labute approximate surface area is 189 Å². The van der Waals surface area contributed by atoms with Gasteiger partial charge >= 0.3 is 0 Å². The number of hydrogen-bond acceptors (Lipinski definition) is 8. The predicted molar refractivity (Wildman–Crippen MR) is 127 cm³/mol. The van der Waals surface area contributed by atoms with Crippen LogP contribution in [-0.2, 0) is 4.79 Å². The van der Waals surface area contributed by atoms with Crippen LogP contribution in [0.5, 0.6) is 11.6 Å². The topological polar surface area (TPSA) is 89.0 Å². The molecule has 32 heavy (non-hydrogen) atoms. The van der Waals surface area contributed by atoms with E-state index in [4.69, 9.17) is 4.74 Å². The number of benzene rings is 2. The zero-order chi connectivity index (χ0) is 21.9. The number of ketones is 1. The summed E-state index contributed by atoms with van der Waals surface area (Å²) < 4.78 is 7.22. The van der Waals surface area contributed by atoms with Gasteiger partial charge < -0.3 is 15.4 Å². The van der Waals surface area contributed by atoms with Gasteiger partial charge in [0.05, 0.1) is 21.8 Å². The van der Waals surface area contributed by atoms with Crippen LogP contribution in [0.2, 0.25) is 0 Å². The lowest BCUT2D eigenvalue weighted by Crippen LogP contribution is -2.37. The first kappa shape index (κ1) is 20.3. The number of carbonyl (C=O) groups is 1. The number of aromatic nitrogens is 3. The summed E-state index contributed by atoms with van der Waals surface area (Å²) in [5.74, 6) is 1.22. The molecule has 1 unspecified atom stereocenters. The van der Waals surface area contributed by atoms with Gasteiger partial charge in [-0.1, -0.05) is 29.5 Å². The number of thiazole rings is 1. The summed E-state index contributed by atoms with van der Waals surface area (Å²) >= 11 is 1.61. The third-order valence-electron chi connectivity index (χ3n) is 5.20. The van der Waals surface area contributed by atoms with Crippen LogP contribution in [0.15, 0.2) is 67.1 Å². The van der Waals surface area contributed by atoms with E-state index in [2.05, 4.69) is 31.7 Å². The minimum atomic E-state index is -0.292. The van der Waals surface area contributed by atoms with Gasteiger partial charge in [0, 0.05) is 18.4 Å². The Hall–Kier alpha value is -3.62. The molecule has 1 aliphatic heterocycles. The molecule has 1 aliphatic rings. The number of nitrogens with one attached hydrogen (secondary N) is 2. The maximum absolute atomic E-state index is 11.8. The van der Waals surface area contributed by atoms with Gasteiger partial charge in [-0.2, -0.15) is 0 Å². The molecule has 0 spiro atoms. The van der Waals surface area contributed by atoms with Crippen molar-refractivity contribution in [3.05, 3.63) is 72.7 Å². The molecule has 3 heterocycles. The van der Waals surface area contributed by atoms with Gasteiger partial charge in [0.25, 0.3) is 0 Å². The number of ether oxygens (including phenoxy) is 1. The normalized spacial score (nSPS) is 15.9. The molecule has 0 amide bonds. The third kappa shape index (κ3) is 4.37. The molecule has 0 bridgehead atoms. The van der Waals surface area contributed by atoms with Crippen molar-refractivity contribution in [1.29, 1.82) is 0 Å². The van der Waals surface area contributed by atoms with Crippen LogP contribution >= 0.6 is 11.3 Å². The van der Waals surface area contributed by atoms with Crippen molar-refractivity contribution < 1.29 is 9.53 Å². The van der Waals surface area contributed by atoms with E-state index in [1.54, 1.807) is 24.5 Å². The van der Waals surface area contributed by atoms with E-state index in [0.29, 0.717) is 11.6 Å². The maximum atomic E-state index is 11.8. The van der Waals surface area contributed by atoms with Crippen molar-refractivity contribution in [3.8, 4) is 11.6 Å². The Kier molecular flexibility index (Phi) is 5.62. The van der Waals surface area contributed by atoms with E-state index in [9.17, 15) is 4.79 Å². The lowest BCUT2D eigenvalue weighted by Gasteiger charge is -2.21. The number of Topliss-reactive ketones (excluding diaryl/α,β-unsaturated/α-hetero) is 1. The van der Waals surface area contributed by atoms with Crippen molar-refractivity contribution in [3.63, 3.8) is 0 Å². The Balaban J connectivity index is 1.33. The fourth-order valence-corrected chi connectivity index (χ4v) is 4.46. The van der Waals surface area contributed by atoms with Crippen LogP contribution in [0.25, 0.3) is 15.8 Å². The summed E-state index contributed by atoms with van der Waals surface area (Å²) in [5, 5.41) is 7.39. The van der Waals surface area contributed by atoms with E-state index >= 15 is 0 Å². The molecular formula is C24H21N5O2S. The molecule has 0 aliphatic carbocycles. The van der Waals surface area contributed by atoms with Crippen molar-refractivity contribution in [2.24, 2.45) is 0 Å². The minimum absolute atomic E-state index is 0.0812. The molecule has 160 valence electrons. The van der Waals surface area contributed by atoms with E-state index in [1.165, 1.54) is 6.33 Å². The Bertz CT molecular complexity index is 1270. The van der Waals surface area contributed by atoms with Crippen LogP contribution in [0.1, 0.15) is 18.9 Å². The highest BCUT2D eigenvalue weighted by molar-refractivity contribution is 7.22. The van der Waals surface area contributed by atoms with Crippen LogP contribution in [-0.4, -0.2) is 33.3 Å². The molecule has 7 nitrogen and oxygen atoms in total. The number of anilines is 2. The second-order valence-corrected chi connectivity index (χ2v) is 8.49. The molecule has 0 radical (unpaired) electrons. The number of nitrogens with zero attached hydrogens (tertiary/aromatic N) is 3. The molecule has 0 saturated heterocycles. The molecule has 2 aromatic heterocycles. The third-order valence-corrected chi connectivity index (χ3v) is 6.15.